The maximum atomic E-state index is 5.95. The topological polar surface area (TPSA) is 56.3 Å². The van der Waals surface area contributed by atoms with Crippen molar-refractivity contribution in [2.75, 3.05) is 31.7 Å². The Kier molecular flexibility index (Phi) is 5.05. The van der Waals surface area contributed by atoms with Crippen LogP contribution in [-0.2, 0) is 18.2 Å². The Labute approximate surface area is 122 Å². The van der Waals surface area contributed by atoms with Crippen LogP contribution in [0, 0.1) is 12.8 Å². The summed E-state index contributed by atoms with van der Waals surface area (Å²) in [4.78, 5) is 2.23. The van der Waals surface area contributed by atoms with E-state index in [0.29, 0.717) is 0 Å². The Bertz CT molecular complexity index is 437. The van der Waals surface area contributed by atoms with Crippen LogP contribution in [0.4, 0.5) is 5.82 Å². The van der Waals surface area contributed by atoms with Gasteiger partial charge in [-0.25, -0.2) is 0 Å². The zero-order chi connectivity index (χ0) is 14.7. The highest BCUT2D eigenvalue weighted by atomic mass is 16.5. The molecule has 1 heterocycles. The third-order valence-corrected chi connectivity index (χ3v) is 3.82. The molecule has 0 spiro atoms. The summed E-state index contributed by atoms with van der Waals surface area (Å²) >= 11 is 0. The molecule has 1 atom stereocenters. The molecule has 0 bridgehead atoms. The molecule has 0 amide bonds. The van der Waals surface area contributed by atoms with E-state index >= 15 is 0 Å². The fourth-order valence-corrected chi connectivity index (χ4v) is 2.57. The SMILES string of the molecule is Cc1nn(C)c(N(C)CCOCC2CC2)c1CC(C)N. The minimum Gasteiger partial charge on any atom is -0.379 e. The van der Waals surface area contributed by atoms with Crippen molar-refractivity contribution in [1.82, 2.24) is 9.78 Å². The number of nitrogens with two attached hydrogens (primary N) is 1. The summed E-state index contributed by atoms with van der Waals surface area (Å²) in [7, 11) is 4.09. The fraction of sp³-hybridized carbons (Fsp3) is 0.800. The first-order valence-corrected chi connectivity index (χ1v) is 7.56. The van der Waals surface area contributed by atoms with Crippen LogP contribution in [0.3, 0.4) is 0 Å². The molecule has 5 heteroatoms. The van der Waals surface area contributed by atoms with Crippen molar-refractivity contribution >= 4 is 5.82 Å². The number of rotatable bonds is 8. The quantitative estimate of drug-likeness (QED) is 0.733. The summed E-state index contributed by atoms with van der Waals surface area (Å²) in [6.45, 7) is 6.67. The zero-order valence-corrected chi connectivity index (χ0v) is 13.2. The van der Waals surface area contributed by atoms with E-state index in [1.807, 2.05) is 18.7 Å². The van der Waals surface area contributed by atoms with E-state index in [1.165, 1.54) is 18.4 Å². The lowest BCUT2D eigenvalue weighted by Crippen LogP contribution is -2.27. The van der Waals surface area contributed by atoms with Gasteiger partial charge in [-0.3, -0.25) is 4.68 Å². The third-order valence-electron chi connectivity index (χ3n) is 3.82. The normalized spacial score (nSPS) is 16.4. The maximum absolute atomic E-state index is 5.95. The molecule has 0 aromatic carbocycles. The molecule has 5 nitrogen and oxygen atoms in total. The first-order chi connectivity index (χ1) is 9.49. The largest absolute Gasteiger partial charge is 0.379 e. The van der Waals surface area contributed by atoms with Crippen molar-refractivity contribution in [3.05, 3.63) is 11.3 Å². The van der Waals surface area contributed by atoms with Gasteiger partial charge in [-0.15, -0.1) is 0 Å². The number of ether oxygens (including phenoxy) is 1. The summed E-state index contributed by atoms with van der Waals surface area (Å²) in [5.74, 6) is 1.99. The van der Waals surface area contributed by atoms with Crippen LogP contribution < -0.4 is 10.6 Å². The van der Waals surface area contributed by atoms with Gasteiger partial charge in [0, 0.05) is 38.9 Å². The second-order valence-electron chi connectivity index (χ2n) is 6.13. The predicted molar refractivity (Wildman–Crippen MR) is 82.1 cm³/mol. The summed E-state index contributed by atoms with van der Waals surface area (Å²) in [5, 5.41) is 4.53. The van der Waals surface area contributed by atoms with Gasteiger partial charge in [0.2, 0.25) is 0 Å². The van der Waals surface area contributed by atoms with Crippen molar-refractivity contribution in [3.8, 4) is 0 Å². The summed E-state index contributed by atoms with van der Waals surface area (Å²) in [6.07, 6.45) is 3.55. The van der Waals surface area contributed by atoms with Gasteiger partial charge < -0.3 is 15.4 Å². The van der Waals surface area contributed by atoms with E-state index in [4.69, 9.17) is 10.5 Å². The number of aryl methyl sites for hydroxylation is 2. The van der Waals surface area contributed by atoms with Crippen LogP contribution in [-0.4, -0.2) is 42.6 Å². The van der Waals surface area contributed by atoms with Crippen LogP contribution in [0.15, 0.2) is 0 Å². The molecule has 1 aromatic rings. The molecule has 0 aliphatic heterocycles. The van der Waals surface area contributed by atoms with Crippen LogP contribution in [0.25, 0.3) is 0 Å². The number of hydrogen-bond acceptors (Lipinski definition) is 4. The Balaban J connectivity index is 1.94. The second kappa shape index (κ2) is 6.59. The minimum atomic E-state index is 0.149. The van der Waals surface area contributed by atoms with Crippen molar-refractivity contribution in [2.45, 2.75) is 39.2 Å². The highest BCUT2D eigenvalue weighted by Gasteiger charge is 2.21. The molecule has 2 N–H and O–H groups in total. The lowest BCUT2D eigenvalue weighted by atomic mass is 10.1. The summed E-state index contributed by atoms with van der Waals surface area (Å²) in [5.41, 5.74) is 8.28. The zero-order valence-electron chi connectivity index (χ0n) is 13.2. The van der Waals surface area contributed by atoms with E-state index in [0.717, 1.165) is 43.6 Å². The predicted octanol–water partition coefficient (Wildman–Crippen LogP) is 1.48. The third kappa shape index (κ3) is 3.96. The molecular weight excluding hydrogens is 252 g/mol. The maximum Gasteiger partial charge on any atom is 0.129 e. The Morgan fingerprint density at radius 2 is 2.20 bits per heavy atom. The molecule has 0 saturated heterocycles. The second-order valence-corrected chi connectivity index (χ2v) is 6.13. The van der Waals surface area contributed by atoms with Gasteiger partial charge in [0.05, 0.1) is 12.3 Å². The van der Waals surface area contributed by atoms with Gasteiger partial charge in [-0.1, -0.05) is 0 Å². The molecule has 1 aromatic heterocycles. The van der Waals surface area contributed by atoms with E-state index < -0.39 is 0 Å². The van der Waals surface area contributed by atoms with Gasteiger partial charge in [0.25, 0.3) is 0 Å². The van der Waals surface area contributed by atoms with Gasteiger partial charge in [0.15, 0.2) is 0 Å². The number of anilines is 1. The standard InChI is InChI=1S/C15H28N4O/c1-11(16)9-14-12(2)17-19(4)15(14)18(3)7-8-20-10-13-5-6-13/h11,13H,5-10,16H2,1-4H3. The van der Waals surface area contributed by atoms with Crippen molar-refractivity contribution < 1.29 is 4.74 Å². The first kappa shape index (κ1) is 15.3. The van der Waals surface area contributed by atoms with Crippen molar-refractivity contribution in [3.63, 3.8) is 0 Å². The Hall–Kier alpha value is -1.07. The van der Waals surface area contributed by atoms with Crippen LogP contribution in [0.5, 0.6) is 0 Å². The molecule has 1 aliphatic rings. The molecule has 1 saturated carbocycles. The molecule has 1 aliphatic carbocycles. The van der Waals surface area contributed by atoms with Gasteiger partial charge in [-0.2, -0.15) is 5.10 Å². The van der Waals surface area contributed by atoms with Crippen LogP contribution in [0.1, 0.15) is 31.0 Å². The average molecular weight is 280 g/mol. The number of likely N-dealkylation sites (N-methyl/N-ethyl adjacent to an activating group) is 1. The Morgan fingerprint density at radius 1 is 1.50 bits per heavy atom. The van der Waals surface area contributed by atoms with E-state index in [9.17, 15) is 0 Å². The average Bonchev–Trinajstić information content (AvgIpc) is 3.12. The van der Waals surface area contributed by atoms with Crippen LogP contribution in [0.2, 0.25) is 0 Å². The molecular formula is C15H28N4O. The van der Waals surface area contributed by atoms with Crippen molar-refractivity contribution in [1.29, 1.82) is 0 Å². The lowest BCUT2D eigenvalue weighted by Gasteiger charge is -2.21. The smallest absolute Gasteiger partial charge is 0.129 e. The van der Waals surface area contributed by atoms with Gasteiger partial charge >= 0.3 is 0 Å². The molecule has 1 fully saturated rings. The summed E-state index contributed by atoms with van der Waals surface area (Å²) < 4.78 is 7.67. The monoisotopic (exact) mass is 280 g/mol. The molecule has 114 valence electrons. The van der Waals surface area contributed by atoms with E-state index in [-0.39, 0.29) is 6.04 Å². The number of hydrogen-bond donors (Lipinski definition) is 1. The lowest BCUT2D eigenvalue weighted by molar-refractivity contribution is 0.130. The highest BCUT2D eigenvalue weighted by molar-refractivity contribution is 5.50. The van der Waals surface area contributed by atoms with Crippen molar-refractivity contribution in [2.24, 2.45) is 18.7 Å². The molecule has 20 heavy (non-hydrogen) atoms. The minimum absolute atomic E-state index is 0.149. The number of aromatic nitrogens is 2. The molecule has 1 unspecified atom stereocenters. The fourth-order valence-electron chi connectivity index (χ4n) is 2.57. The van der Waals surface area contributed by atoms with Gasteiger partial charge in [-0.05, 0) is 39.0 Å². The van der Waals surface area contributed by atoms with Crippen LogP contribution >= 0.6 is 0 Å². The first-order valence-electron chi connectivity index (χ1n) is 7.56. The van der Waals surface area contributed by atoms with E-state index in [2.05, 4.69) is 24.0 Å². The summed E-state index contributed by atoms with van der Waals surface area (Å²) in [6, 6.07) is 0.149. The Morgan fingerprint density at radius 3 is 2.80 bits per heavy atom. The molecule has 2 rings (SSSR count). The van der Waals surface area contributed by atoms with E-state index in [1.54, 1.807) is 0 Å². The number of nitrogens with zero attached hydrogens (tertiary/aromatic N) is 3. The molecule has 0 radical (unpaired) electrons. The highest BCUT2D eigenvalue weighted by Crippen LogP contribution is 2.28. The van der Waals surface area contributed by atoms with Gasteiger partial charge in [0.1, 0.15) is 5.82 Å².